The fraction of sp³-hybridized carbons (Fsp3) is 0.150. The molecule has 0 aliphatic rings. The molecule has 0 spiro atoms. The molecule has 0 unspecified atom stereocenters. The van der Waals surface area contributed by atoms with Crippen LogP contribution in [0.4, 0.5) is 10.3 Å². The molecule has 0 atom stereocenters. The fourth-order valence-corrected chi connectivity index (χ4v) is 2.53. The number of hydrazine groups is 1. The monoisotopic (exact) mass is 411 g/mol. The lowest BCUT2D eigenvalue weighted by Crippen LogP contribution is -2.32. The van der Waals surface area contributed by atoms with Crippen LogP contribution < -0.4 is 21.6 Å². The van der Waals surface area contributed by atoms with Crippen molar-refractivity contribution < 1.29 is 14.2 Å². The SMILES string of the molecule is Cc1nc(/C(N)=C(\CNc2nccc(Oc3ccc(F)cc3)n2)N(C)N)ccc1O. The number of benzene rings is 1. The van der Waals surface area contributed by atoms with Gasteiger partial charge in [-0.1, -0.05) is 0 Å². The number of hydrogen-bond donors (Lipinski definition) is 4. The Balaban J connectivity index is 1.76. The highest BCUT2D eigenvalue weighted by atomic mass is 19.1. The lowest BCUT2D eigenvalue weighted by molar-refractivity contribution is 0.437. The molecule has 0 aliphatic heterocycles. The molecule has 2 heterocycles. The molecule has 9 nitrogen and oxygen atoms in total. The highest BCUT2D eigenvalue weighted by Crippen LogP contribution is 2.21. The van der Waals surface area contributed by atoms with Crippen LogP contribution >= 0.6 is 0 Å². The molecule has 156 valence electrons. The van der Waals surface area contributed by atoms with Gasteiger partial charge in [0.25, 0.3) is 0 Å². The number of nitrogens with one attached hydrogen (secondary N) is 1. The van der Waals surface area contributed by atoms with Crippen molar-refractivity contribution in [3.8, 4) is 17.4 Å². The van der Waals surface area contributed by atoms with Gasteiger partial charge in [0.1, 0.15) is 17.3 Å². The molecule has 0 fully saturated rings. The van der Waals surface area contributed by atoms with Crippen molar-refractivity contribution in [1.29, 1.82) is 0 Å². The smallest absolute Gasteiger partial charge is 0.226 e. The topological polar surface area (TPSA) is 135 Å². The molecule has 0 amide bonds. The van der Waals surface area contributed by atoms with E-state index in [-0.39, 0.29) is 29.9 Å². The Labute approximate surface area is 172 Å². The van der Waals surface area contributed by atoms with Gasteiger partial charge in [-0.2, -0.15) is 4.98 Å². The minimum atomic E-state index is -0.353. The van der Waals surface area contributed by atoms with Crippen LogP contribution in [0.25, 0.3) is 5.70 Å². The van der Waals surface area contributed by atoms with Crippen LogP contribution in [0.3, 0.4) is 0 Å². The lowest BCUT2D eigenvalue weighted by atomic mass is 10.2. The first-order chi connectivity index (χ1) is 14.3. The summed E-state index contributed by atoms with van der Waals surface area (Å²) in [5.74, 6) is 6.68. The third-order valence-corrected chi connectivity index (χ3v) is 4.15. The second-order valence-corrected chi connectivity index (χ2v) is 6.40. The van der Waals surface area contributed by atoms with E-state index < -0.39 is 0 Å². The van der Waals surface area contributed by atoms with E-state index in [0.29, 0.717) is 28.5 Å². The van der Waals surface area contributed by atoms with Crippen LogP contribution in [0, 0.1) is 12.7 Å². The molecule has 0 saturated heterocycles. The van der Waals surface area contributed by atoms with E-state index in [2.05, 4.69) is 20.3 Å². The fourth-order valence-electron chi connectivity index (χ4n) is 2.53. The third kappa shape index (κ3) is 5.11. The normalized spacial score (nSPS) is 11.6. The minimum absolute atomic E-state index is 0.0821. The number of aromatic nitrogens is 3. The molecule has 2 aromatic heterocycles. The van der Waals surface area contributed by atoms with Gasteiger partial charge in [0.15, 0.2) is 0 Å². The maximum absolute atomic E-state index is 13.0. The summed E-state index contributed by atoms with van der Waals surface area (Å²) < 4.78 is 18.6. The summed E-state index contributed by atoms with van der Waals surface area (Å²) in [5, 5.41) is 14.1. The van der Waals surface area contributed by atoms with Crippen molar-refractivity contribution in [2.45, 2.75) is 6.92 Å². The van der Waals surface area contributed by atoms with Crippen LogP contribution in [0.5, 0.6) is 17.4 Å². The standard InChI is InChI=1S/C20H22FN7O2/c1-12-17(29)8-7-15(26-12)19(22)16(28(2)23)11-25-20-24-10-9-18(27-20)30-14-5-3-13(21)4-6-14/h3-10,29H,11,22-23H2,1-2H3,(H,24,25,27)/b19-16-. The van der Waals surface area contributed by atoms with Gasteiger partial charge in [-0.05, 0) is 43.3 Å². The van der Waals surface area contributed by atoms with Gasteiger partial charge in [0, 0.05) is 19.3 Å². The van der Waals surface area contributed by atoms with Gasteiger partial charge in [0.2, 0.25) is 11.8 Å². The van der Waals surface area contributed by atoms with Gasteiger partial charge in [0.05, 0.1) is 29.3 Å². The summed E-state index contributed by atoms with van der Waals surface area (Å²) in [6, 6.07) is 10.3. The summed E-state index contributed by atoms with van der Waals surface area (Å²) in [5.41, 5.74) is 8.07. The molecule has 6 N–H and O–H groups in total. The molecule has 3 rings (SSSR count). The molecule has 0 aliphatic carbocycles. The number of nitrogens with two attached hydrogens (primary N) is 2. The molecule has 10 heteroatoms. The number of aryl methyl sites for hydroxylation is 1. The van der Waals surface area contributed by atoms with Crippen LogP contribution in [0.1, 0.15) is 11.4 Å². The second kappa shape index (κ2) is 9.05. The van der Waals surface area contributed by atoms with Crippen LogP contribution in [-0.2, 0) is 0 Å². The maximum atomic E-state index is 13.0. The average Bonchev–Trinajstić information content (AvgIpc) is 2.72. The van der Waals surface area contributed by atoms with Gasteiger partial charge in [-0.15, -0.1) is 0 Å². The van der Waals surface area contributed by atoms with Crippen LogP contribution in [0.15, 0.2) is 54.4 Å². The van der Waals surface area contributed by atoms with E-state index >= 15 is 0 Å². The first-order valence-electron chi connectivity index (χ1n) is 8.98. The van der Waals surface area contributed by atoms with Gasteiger partial charge < -0.3 is 25.9 Å². The van der Waals surface area contributed by atoms with Crippen molar-refractivity contribution in [2.75, 3.05) is 18.9 Å². The number of ether oxygens (including phenoxy) is 1. The van der Waals surface area contributed by atoms with E-state index in [4.69, 9.17) is 16.3 Å². The highest BCUT2D eigenvalue weighted by molar-refractivity contribution is 5.64. The van der Waals surface area contributed by atoms with Crippen molar-refractivity contribution in [3.05, 3.63) is 71.6 Å². The van der Waals surface area contributed by atoms with Crippen LogP contribution in [0.2, 0.25) is 0 Å². The maximum Gasteiger partial charge on any atom is 0.226 e. The highest BCUT2D eigenvalue weighted by Gasteiger charge is 2.12. The quantitative estimate of drug-likeness (QED) is 0.341. The van der Waals surface area contributed by atoms with E-state index in [9.17, 15) is 9.50 Å². The summed E-state index contributed by atoms with van der Waals surface area (Å²) >= 11 is 0. The lowest BCUT2D eigenvalue weighted by Gasteiger charge is -2.20. The Kier molecular flexibility index (Phi) is 6.28. The Morgan fingerprint density at radius 2 is 1.90 bits per heavy atom. The van der Waals surface area contributed by atoms with Crippen molar-refractivity contribution in [1.82, 2.24) is 20.0 Å². The predicted molar refractivity (Wildman–Crippen MR) is 111 cm³/mol. The zero-order valence-corrected chi connectivity index (χ0v) is 16.5. The number of aromatic hydroxyl groups is 1. The first-order valence-corrected chi connectivity index (χ1v) is 8.98. The molecule has 0 saturated carbocycles. The number of anilines is 1. The Morgan fingerprint density at radius 1 is 1.17 bits per heavy atom. The summed E-state index contributed by atoms with van der Waals surface area (Å²) in [6.07, 6.45) is 1.53. The van der Waals surface area contributed by atoms with E-state index in [1.807, 2.05) is 0 Å². The number of rotatable bonds is 7. The number of pyridine rings is 1. The van der Waals surface area contributed by atoms with Crippen molar-refractivity contribution >= 4 is 11.6 Å². The Hall–Kier alpha value is -3.92. The molecular weight excluding hydrogens is 389 g/mol. The predicted octanol–water partition coefficient (Wildman–Crippen LogP) is 2.36. The number of halogens is 1. The Morgan fingerprint density at radius 3 is 2.57 bits per heavy atom. The first kappa shape index (κ1) is 20.8. The number of likely N-dealkylation sites (N-methyl/N-ethyl adjacent to an activating group) is 1. The summed E-state index contributed by atoms with van der Waals surface area (Å²) in [4.78, 5) is 12.7. The molecule has 30 heavy (non-hydrogen) atoms. The van der Waals surface area contributed by atoms with Crippen LogP contribution in [-0.4, -0.2) is 38.7 Å². The second-order valence-electron chi connectivity index (χ2n) is 6.40. The van der Waals surface area contributed by atoms with E-state index in [1.54, 1.807) is 26.1 Å². The minimum Gasteiger partial charge on any atom is -0.506 e. The van der Waals surface area contributed by atoms with E-state index in [0.717, 1.165) is 0 Å². The van der Waals surface area contributed by atoms with Gasteiger partial charge >= 0.3 is 0 Å². The summed E-state index contributed by atoms with van der Waals surface area (Å²) in [7, 11) is 1.64. The molecule has 0 bridgehead atoms. The molecular formula is C20H22FN7O2. The third-order valence-electron chi connectivity index (χ3n) is 4.15. The summed E-state index contributed by atoms with van der Waals surface area (Å²) in [6.45, 7) is 1.89. The van der Waals surface area contributed by atoms with E-state index in [1.165, 1.54) is 41.5 Å². The zero-order chi connectivity index (χ0) is 21.7. The van der Waals surface area contributed by atoms with Gasteiger partial charge in [-0.25, -0.2) is 20.2 Å². The number of hydrogen-bond acceptors (Lipinski definition) is 9. The molecule has 0 radical (unpaired) electrons. The van der Waals surface area contributed by atoms with Crippen molar-refractivity contribution in [2.24, 2.45) is 11.6 Å². The largest absolute Gasteiger partial charge is 0.506 e. The Bertz CT molecular complexity index is 1060. The molecule has 1 aromatic carbocycles. The van der Waals surface area contributed by atoms with Gasteiger partial charge in [-0.3, -0.25) is 0 Å². The zero-order valence-electron chi connectivity index (χ0n) is 16.5. The molecule has 3 aromatic rings. The average molecular weight is 411 g/mol. The number of nitrogens with zero attached hydrogens (tertiary/aromatic N) is 4. The van der Waals surface area contributed by atoms with Crippen molar-refractivity contribution in [3.63, 3.8) is 0 Å².